The molecule has 1 heterocycles. The maximum absolute atomic E-state index is 6.54. The van der Waals surface area contributed by atoms with Crippen molar-refractivity contribution < 1.29 is 9.47 Å². The van der Waals surface area contributed by atoms with E-state index in [2.05, 4.69) is 93.6 Å². The fraction of sp³-hybridized carbons (Fsp3) is 0.767. The molecule has 1 rings (SSSR count). The third kappa shape index (κ3) is 26.6. The molecule has 0 unspecified atom stereocenters. The number of unbranched alkanes of at least 4 members (excludes halogenated alkanes) is 16. The van der Waals surface area contributed by atoms with Gasteiger partial charge in [0.25, 0.3) is 0 Å². The summed E-state index contributed by atoms with van der Waals surface area (Å²) in [4.78, 5) is 2.25. The number of nitrogens with zero attached hydrogens (tertiary/aromatic N) is 1. The van der Waals surface area contributed by atoms with Gasteiger partial charge in [0, 0.05) is 25.3 Å². The highest BCUT2D eigenvalue weighted by Crippen LogP contribution is 2.33. The number of hydrogen-bond acceptors (Lipinski definition) is 3. The number of rotatable bonds is 31. The second-order valence-corrected chi connectivity index (χ2v) is 14.0. The monoisotopic (exact) mass is 640 g/mol. The lowest BCUT2D eigenvalue weighted by Gasteiger charge is -2.41. The molecule has 1 fully saturated rings. The van der Waals surface area contributed by atoms with Crippen LogP contribution in [0.5, 0.6) is 0 Å². The summed E-state index contributed by atoms with van der Waals surface area (Å²) < 4.78 is 13.1. The molecule has 3 heteroatoms. The van der Waals surface area contributed by atoms with Gasteiger partial charge in [0.15, 0.2) is 5.79 Å². The van der Waals surface area contributed by atoms with Crippen LogP contribution in [0.1, 0.15) is 168 Å². The zero-order chi connectivity index (χ0) is 33.2. The number of ether oxygens (including phenoxy) is 2. The molecule has 46 heavy (non-hydrogen) atoms. The molecule has 1 aliphatic heterocycles. The third-order valence-electron chi connectivity index (χ3n) is 9.02. The quantitative estimate of drug-likeness (QED) is 0.0428. The van der Waals surface area contributed by atoms with Crippen LogP contribution < -0.4 is 0 Å². The standard InChI is InChI=1S/C43H77NO2/c1-5-7-9-11-13-15-17-19-21-23-25-27-29-31-33-35-37-43(45-40-42(41-46-43)39-44(3)4)38-36-34-32-30-28-26-24-22-20-18-16-14-12-10-8-6-2/h13-16,19-23,25,42H,5-12,17-18,24,26-41H2,1-4H3/b15-13-,16-14-,21-19-,22-20-,25-23+. The molecule has 1 saturated heterocycles. The van der Waals surface area contributed by atoms with E-state index < -0.39 is 0 Å². The van der Waals surface area contributed by atoms with Crippen molar-refractivity contribution in [1.82, 2.24) is 4.90 Å². The van der Waals surface area contributed by atoms with Crippen LogP contribution in [0.3, 0.4) is 0 Å². The molecule has 3 nitrogen and oxygen atoms in total. The van der Waals surface area contributed by atoms with Crippen molar-refractivity contribution >= 4 is 0 Å². The largest absolute Gasteiger partial charge is 0.350 e. The van der Waals surface area contributed by atoms with Crippen molar-refractivity contribution in [2.75, 3.05) is 33.9 Å². The maximum atomic E-state index is 6.54. The molecule has 0 aromatic heterocycles. The summed E-state index contributed by atoms with van der Waals surface area (Å²) in [7, 11) is 4.29. The summed E-state index contributed by atoms with van der Waals surface area (Å²) in [5.74, 6) is 0.148. The number of allylic oxidation sites excluding steroid dienone is 10. The lowest BCUT2D eigenvalue weighted by atomic mass is 9.97. The van der Waals surface area contributed by atoms with E-state index in [-0.39, 0.29) is 5.79 Å². The summed E-state index contributed by atoms with van der Waals surface area (Å²) in [5, 5.41) is 0. The smallest absolute Gasteiger partial charge is 0.168 e. The van der Waals surface area contributed by atoms with Gasteiger partial charge in [-0.2, -0.15) is 0 Å². The first-order valence-corrected chi connectivity index (χ1v) is 19.8. The molecule has 0 aromatic rings. The molecular weight excluding hydrogens is 562 g/mol. The number of hydrogen-bond donors (Lipinski definition) is 0. The SMILES string of the molecule is CCCCC/C=C\C/C=C\C=C\CCCCCCC1(CCCCCCCC/C=C\C/C=C\CCCCC)OCC(CN(C)C)CO1. The average molecular weight is 640 g/mol. The van der Waals surface area contributed by atoms with E-state index in [0.29, 0.717) is 5.92 Å². The van der Waals surface area contributed by atoms with Crippen molar-refractivity contribution in [3.05, 3.63) is 60.8 Å². The average Bonchev–Trinajstić information content (AvgIpc) is 3.05. The van der Waals surface area contributed by atoms with Gasteiger partial charge in [0.2, 0.25) is 0 Å². The van der Waals surface area contributed by atoms with Crippen LogP contribution in [0.4, 0.5) is 0 Å². The Morgan fingerprint density at radius 2 is 0.913 bits per heavy atom. The Balaban J connectivity index is 2.19. The van der Waals surface area contributed by atoms with Crippen LogP contribution >= 0.6 is 0 Å². The van der Waals surface area contributed by atoms with E-state index in [9.17, 15) is 0 Å². The predicted octanol–water partition coefficient (Wildman–Crippen LogP) is 13.1. The van der Waals surface area contributed by atoms with Crippen molar-refractivity contribution in [2.45, 2.75) is 174 Å². The molecule has 0 N–H and O–H groups in total. The Labute approximate surface area is 288 Å². The van der Waals surface area contributed by atoms with Crippen LogP contribution in [0.2, 0.25) is 0 Å². The summed E-state index contributed by atoms with van der Waals surface area (Å²) in [6.07, 6.45) is 53.1. The Kier molecular flexibility index (Phi) is 29.8. The molecule has 0 bridgehead atoms. The highest BCUT2D eigenvalue weighted by Gasteiger charge is 2.36. The van der Waals surface area contributed by atoms with E-state index >= 15 is 0 Å². The minimum absolute atomic E-state index is 0.340. The van der Waals surface area contributed by atoms with Crippen LogP contribution in [-0.2, 0) is 9.47 Å². The Morgan fingerprint density at radius 1 is 0.500 bits per heavy atom. The Morgan fingerprint density at radius 3 is 1.41 bits per heavy atom. The summed E-state index contributed by atoms with van der Waals surface area (Å²) in [6, 6.07) is 0. The molecule has 0 atom stereocenters. The summed E-state index contributed by atoms with van der Waals surface area (Å²) in [5.41, 5.74) is 0. The topological polar surface area (TPSA) is 21.7 Å². The normalized spacial score (nSPS) is 19.5. The molecule has 1 aliphatic rings. The second-order valence-electron chi connectivity index (χ2n) is 14.0. The lowest BCUT2D eigenvalue weighted by molar-refractivity contribution is -0.290. The van der Waals surface area contributed by atoms with Crippen LogP contribution in [-0.4, -0.2) is 44.5 Å². The molecule has 0 saturated carbocycles. The van der Waals surface area contributed by atoms with Crippen molar-refractivity contribution in [3.63, 3.8) is 0 Å². The molecule has 0 radical (unpaired) electrons. The van der Waals surface area contributed by atoms with Crippen LogP contribution in [0.25, 0.3) is 0 Å². The van der Waals surface area contributed by atoms with Crippen LogP contribution in [0, 0.1) is 5.92 Å². The van der Waals surface area contributed by atoms with Crippen LogP contribution in [0.15, 0.2) is 60.8 Å². The highest BCUT2D eigenvalue weighted by atomic mass is 16.7. The fourth-order valence-electron chi connectivity index (χ4n) is 6.19. The van der Waals surface area contributed by atoms with E-state index in [1.165, 1.54) is 128 Å². The van der Waals surface area contributed by atoms with Gasteiger partial charge < -0.3 is 14.4 Å². The zero-order valence-corrected chi connectivity index (χ0v) is 31.2. The molecular formula is C43H77NO2. The summed E-state index contributed by atoms with van der Waals surface area (Å²) >= 11 is 0. The van der Waals surface area contributed by atoms with Gasteiger partial charge in [-0.15, -0.1) is 0 Å². The van der Waals surface area contributed by atoms with Gasteiger partial charge in [-0.05, 0) is 91.1 Å². The Bertz CT molecular complexity index is 785. The second kappa shape index (κ2) is 32.1. The van der Waals surface area contributed by atoms with Gasteiger partial charge in [0.05, 0.1) is 13.2 Å². The van der Waals surface area contributed by atoms with Crippen molar-refractivity contribution in [3.8, 4) is 0 Å². The Hall–Kier alpha value is -1.42. The maximum Gasteiger partial charge on any atom is 0.168 e. The van der Waals surface area contributed by atoms with Gasteiger partial charge in [0.1, 0.15) is 0 Å². The molecule has 0 amide bonds. The van der Waals surface area contributed by atoms with E-state index in [0.717, 1.165) is 45.4 Å². The van der Waals surface area contributed by atoms with Crippen molar-refractivity contribution in [2.24, 2.45) is 5.92 Å². The van der Waals surface area contributed by atoms with Gasteiger partial charge in [-0.3, -0.25) is 0 Å². The lowest BCUT2D eigenvalue weighted by Crippen LogP contribution is -2.46. The highest BCUT2D eigenvalue weighted by molar-refractivity contribution is 5.04. The molecule has 0 aromatic carbocycles. The van der Waals surface area contributed by atoms with Crippen molar-refractivity contribution in [1.29, 1.82) is 0 Å². The van der Waals surface area contributed by atoms with Gasteiger partial charge >= 0.3 is 0 Å². The molecule has 0 aliphatic carbocycles. The van der Waals surface area contributed by atoms with Gasteiger partial charge in [-0.25, -0.2) is 0 Å². The minimum atomic E-state index is -0.340. The summed E-state index contributed by atoms with van der Waals surface area (Å²) in [6.45, 7) is 7.25. The van der Waals surface area contributed by atoms with E-state index in [1.54, 1.807) is 0 Å². The third-order valence-corrected chi connectivity index (χ3v) is 9.02. The first-order chi connectivity index (χ1) is 22.6. The first-order valence-electron chi connectivity index (χ1n) is 19.8. The predicted molar refractivity (Wildman–Crippen MR) is 205 cm³/mol. The minimum Gasteiger partial charge on any atom is -0.350 e. The zero-order valence-electron chi connectivity index (χ0n) is 31.2. The van der Waals surface area contributed by atoms with E-state index in [1.807, 2.05) is 0 Å². The van der Waals surface area contributed by atoms with Gasteiger partial charge in [-0.1, -0.05) is 139 Å². The molecule has 266 valence electrons. The van der Waals surface area contributed by atoms with E-state index in [4.69, 9.17) is 9.47 Å². The molecule has 0 spiro atoms. The fourth-order valence-corrected chi connectivity index (χ4v) is 6.19. The first kappa shape index (κ1) is 42.6.